The largest absolute Gasteiger partial charge is 0.504 e. The number of aromatic hydroxyl groups is 1. The predicted octanol–water partition coefficient (Wildman–Crippen LogP) is 3.21. The monoisotopic (exact) mass is 284 g/mol. The standard InChI is InChI=1S/C8H10O3.C8H18O/c1-11-8-4-6(5-9)2-3-7(8)10;1-7(2)5-9-6-8(3)4/h2-4,9-10H,5H2,1H3;7-8H,5-6H2,1-4H3. The highest BCUT2D eigenvalue weighted by atomic mass is 16.5. The fourth-order valence-corrected chi connectivity index (χ4v) is 1.36. The topological polar surface area (TPSA) is 58.9 Å². The maximum Gasteiger partial charge on any atom is 0.160 e. The van der Waals surface area contributed by atoms with Crippen LogP contribution in [0.2, 0.25) is 0 Å². The summed E-state index contributed by atoms with van der Waals surface area (Å²) in [4.78, 5) is 0. The maximum absolute atomic E-state index is 9.12. The van der Waals surface area contributed by atoms with Crippen LogP contribution in [-0.4, -0.2) is 30.5 Å². The van der Waals surface area contributed by atoms with Crippen molar-refractivity contribution >= 4 is 0 Å². The van der Waals surface area contributed by atoms with Crippen molar-refractivity contribution in [2.24, 2.45) is 11.8 Å². The summed E-state index contributed by atoms with van der Waals surface area (Å²) in [5.74, 6) is 1.81. The summed E-state index contributed by atoms with van der Waals surface area (Å²) in [5.41, 5.74) is 0.722. The Labute approximate surface area is 122 Å². The molecule has 1 rings (SSSR count). The van der Waals surface area contributed by atoms with Crippen LogP contribution in [0.5, 0.6) is 11.5 Å². The van der Waals surface area contributed by atoms with E-state index in [0.29, 0.717) is 17.6 Å². The molecule has 0 fully saturated rings. The van der Waals surface area contributed by atoms with Crippen LogP contribution >= 0.6 is 0 Å². The number of phenolic OH excluding ortho intramolecular Hbond substituents is 1. The predicted molar refractivity (Wildman–Crippen MR) is 81.1 cm³/mol. The van der Waals surface area contributed by atoms with E-state index >= 15 is 0 Å². The van der Waals surface area contributed by atoms with Gasteiger partial charge in [-0.2, -0.15) is 0 Å². The number of phenols is 1. The van der Waals surface area contributed by atoms with Crippen molar-refractivity contribution in [3.8, 4) is 11.5 Å². The third-order valence-electron chi connectivity index (χ3n) is 2.33. The Hall–Kier alpha value is -1.26. The van der Waals surface area contributed by atoms with Gasteiger partial charge in [0.2, 0.25) is 0 Å². The van der Waals surface area contributed by atoms with Gasteiger partial charge in [-0.1, -0.05) is 33.8 Å². The third kappa shape index (κ3) is 8.77. The van der Waals surface area contributed by atoms with E-state index in [1.165, 1.54) is 13.2 Å². The molecule has 0 aliphatic rings. The maximum atomic E-state index is 9.12. The highest BCUT2D eigenvalue weighted by Gasteiger charge is 2.00. The zero-order valence-electron chi connectivity index (χ0n) is 13.2. The van der Waals surface area contributed by atoms with Crippen molar-refractivity contribution in [1.29, 1.82) is 0 Å². The van der Waals surface area contributed by atoms with E-state index in [0.717, 1.165) is 18.8 Å². The molecule has 0 radical (unpaired) electrons. The number of hydrogen-bond acceptors (Lipinski definition) is 4. The van der Waals surface area contributed by atoms with E-state index in [1.807, 2.05) is 0 Å². The summed E-state index contributed by atoms with van der Waals surface area (Å²) in [6.45, 7) is 10.4. The average Bonchev–Trinajstić information content (AvgIpc) is 2.39. The van der Waals surface area contributed by atoms with Gasteiger partial charge in [0.1, 0.15) is 0 Å². The Morgan fingerprint density at radius 3 is 2.00 bits per heavy atom. The Kier molecular flexibility index (Phi) is 9.86. The molecule has 4 nitrogen and oxygen atoms in total. The molecule has 0 aliphatic heterocycles. The molecule has 116 valence electrons. The quantitative estimate of drug-likeness (QED) is 0.842. The smallest absolute Gasteiger partial charge is 0.160 e. The van der Waals surface area contributed by atoms with E-state index in [1.54, 1.807) is 12.1 Å². The van der Waals surface area contributed by atoms with Crippen LogP contribution in [0, 0.1) is 11.8 Å². The number of ether oxygens (including phenoxy) is 2. The second-order valence-electron chi connectivity index (χ2n) is 5.49. The molecule has 1 aromatic rings. The van der Waals surface area contributed by atoms with Crippen LogP contribution in [0.25, 0.3) is 0 Å². The Morgan fingerprint density at radius 1 is 1.05 bits per heavy atom. The number of hydrogen-bond donors (Lipinski definition) is 2. The van der Waals surface area contributed by atoms with E-state index in [9.17, 15) is 0 Å². The fraction of sp³-hybridized carbons (Fsp3) is 0.625. The molecule has 0 spiro atoms. The van der Waals surface area contributed by atoms with Crippen LogP contribution in [0.15, 0.2) is 18.2 Å². The van der Waals surface area contributed by atoms with Gasteiger partial charge in [0.05, 0.1) is 13.7 Å². The molecule has 0 saturated carbocycles. The van der Waals surface area contributed by atoms with Crippen molar-refractivity contribution < 1.29 is 19.7 Å². The number of methoxy groups -OCH3 is 1. The first-order valence-electron chi connectivity index (χ1n) is 6.95. The van der Waals surface area contributed by atoms with Crippen molar-refractivity contribution in [3.63, 3.8) is 0 Å². The third-order valence-corrected chi connectivity index (χ3v) is 2.33. The van der Waals surface area contributed by atoms with E-state index in [2.05, 4.69) is 27.7 Å². The lowest BCUT2D eigenvalue weighted by Gasteiger charge is -2.07. The van der Waals surface area contributed by atoms with Crippen LogP contribution < -0.4 is 4.74 Å². The molecule has 4 heteroatoms. The van der Waals surface area contributed by atoms with Gasteiger partial charge in [-0.25, -0.2) is 0 Å². The van der Waals surface area contributed by atoms with Gasteiger partial charge in [-0.3, -0.25) is 0 Å². The van der Waals surface area contributed by atoms with Crippen molar-refractivity contribution in [2.75, 3.05) is 20.3 Å². The SMILES string of the molecule is CC(C)COCC(C)C.COc1cc(CO)ccc1O. The first-order chi connectivity index (χ1) is 9.40. The Balaban J connectivity index is 0.000000370. The zero-order chi connectivity index (χ0) is 15.5. The van der Waals surface area contributed by atoms with E-state index in [-0.39, 0.29) is 12.4 Å². The molecular formula is C16H28O4. The number of rotatable bonds is 6. The first-order valence-corrected chi connectivity index (χ1v) is 6.95. The molecule has 0 atom stereocenters. The zero-order valence-corrected chi connectivity index (χ0v) is 13.2. The molecule has 0 bridgehead atoms. The molecule has 0 aliphatic carbocycles. The minimum absolute atomic E-state index is 0.0450. The molecule has 0 aromatic heterocycles. The normalized spacial score (nSPS) is 10.4. The minimum atomic E-state index is -0.0450. The van der Waals surface area contributed by atoms with Gasteiger partial charge in [-0.15, -0.1) is 0 Å². The van der Waals surface area contributed by atoms with Crippen LogP contribution in [0.1, 0.15) is 33.3 Å². The van der Waals surface area contributed by atoms with Gasteiger partial charge in [0.15, 0.2) is 11.5 Å². The van der Waals surface area contributed by atoms with E-state index < -0.39 is 0 Å². The lowest BCUT2D eigenvalue weighted by molar-refractivity contribution is 0.0886. The molecular weight excluding hydrogens is 256 g/mol. The van der Waals surface area contributed by atoms with Crippen molar-refractivity contribution in [3.05, 3.63) is 23.8 Å². The Bertz CT molecular complexity index is 353. The van der Waals surface area contributed by atoms with Crippen LogP contribution in [-0.2, 0) is 11.3 Å². The lowest BCUT2D eigenvalue weighted by Crippen LogP contribution is -2.06. The molecule has 0 amide bonds. The second kappa shape index (κ2) is 10.5. The first kappa shape index (κ1) is 18.7. The summed E-state index contributed by atoms with van der Waals surface area (Å²) in [6, 6.07) is 4.72. The molecule has 20 heavy (non-hydrogen) atoms. The lowest BCUT2D eigenvalue weighted by atomic mass is 10.2. The molecule has 0 unspecified atom stereocenters. The summed E-state index contributed by atoms with van der Waals surface area (Å²) >= 11 is 0. The highest BCUT2D eigenvalue weighted by Crippen LogP contribution is 2.25. The van der Waals surface area contributed by atoms with Crippen molar-refractivity contribution in [2.45, 2.75) is 34.3 Å². The number of aliphatic hydroxyl groups is 1. The number of aliphatic hydroxyl groups excluding tert-OH is 1. The Morgan fingerprint density at radius 2 is 1.60 bits per heavy atom. The average molecular weight is 284 g/mol. The van der Waals surface area contributed by atoms with Gasteiger partial charge in [0.25, 0.3) is 0 Å². The highest BCUT2D eigenvalue weighted by molar-refractivity contribution is 5.41. The second-order valence-corrected chi connectivity index (χ2v) is 5.49. The minimum Gasteiger partial charge on any atom is -0.504 e. The molecule has 0 heterocycles. The summed E-state index contributed by atoms with van der Waals surface area (Å²) in [6.07, 6.45) is 0. The summed E-state index contributed by atoms with van der Waals surface area (Å²) in [7, 11) is 1.47. The van der Waals surface area contributed by atoms with Crippen LogP contribution in [0.4, 0.5) is 0 Å². The number of benzene rings is 1. The van der Waals surface area contributed by atoms with Gasteiger partial charge in [0, 0.05) is 13.2 Å². The van der Waals surface area contributed by atoms with Gasteiger partial charge in [-0.05, 0) is 29.5 Å². The summed E-state index contributed by atoms with van der Waals surface area (Å²) in [5, 5.41) is 17.8. The molecule has 2 N–H and O–H groups in total. The van der Waals surface area contributed by atoms with Crippen LogP contribution in [0.3, 0.4) is 0 Å². The van der Waals surface area contributed by atoms with Gasteiger partial charge >= 0.3 is 0 Å². The molecule has 0 saturated heterocycles. The van der Waals surface area contributed by atoms with Gasteiger partial charge < -0.3 is 19.7 Å². The summed E-state index contributed by atoms with van der Waals surface area (Å²) < 4.78 is 10.2. The fourth-order valence-electron chi connectivity index (χ4n) is 1.36. The molecule has 1 aromatic carbocycles. The van der Waals surface area contributed by atoms with Crippen molar-refractivity contribution in [1.82, 2.24) is 0 Å². The van der Waals surface area contributed by atoms with E-state index in [4.69, 9.17) is 19.7 Å².